The van der Waals surface area contributed by atoms with Gasteiger partial charge >= 0.3 is 0 Å². The Bertz CT molecular complexity index is 3240. The molecule has 1 aromatic heterocycles. The average molecular weight is 765 g/mol. The Morgan fingerprint density at radius 3 is 1.28 bits per heavy atom. The van der Waals surface area contributed by atoms with Crippen molar-refractivity contribution in [2.75, 3.05) is 4.90 Å². The third-order valence-corrected chi connectivity index (χ3v) is 11.8. The van der Waals surface area contributed by atoms with Crippen LogP contribution in [0, 0.1) is 0 Å². The van der Waals surface area contributed by atoms with Gasteiger partial charge in [-0.05, 0) is 104 Å². The minimum absolute atomic E-state index is 1.09. The van der Waals surface area contributed by atoms with E-state index in [2.05, 4.69) is 252 Å². The van der Waals surface area contributed by atoms with Crippen molar-refractivity contribution in [3.05, 3.63) is 243 Å². The first-order chi connectivity index (χ1) is 29.8. The number of aromatic nitrogens is 1. The number of fused-ring (bicyclic) bond motifs is 4. The molecule has 0 saturated carbocycles. The van der Waals surface area contributed by atoms with Crippen LogP contribution in [-0.4, -0.2) is 4.57 Å². The summed E-state index contributed by atoms with van der Waals surface area (Å²) in [6.07, 6.45) is 0. The second kappa shape index (κ2) is 15.1. The summed E-state index contributed by atoms with van der Waals surface area (Å²) >= 11 is 0. The zero-order valence-corrected chi connectivity index (χ0v) is 33.0. The van der Waals surface area contributed by atoms with Crippen molar-refractivity contribution < 1.29 is 0 Å². The van der Waals surface area contributed by atoms with Gasteiger partial charge in [0.15, 0.2) is 0 Å². The second-order valence-electron chi connectivity index (χ2n) is 15.3. The highest BCUT2D eigenvalue weighted by Crippen LogP contribution is 2.43. The Morgan fingerprint density at radius 2 is 0.700 bits per heavy atom. The van der Waals surface area contributed by atoms with Gasteiger partial charge in [0.2, 0.25) is 0 Å². The normalized spacial score (nSPS) is 11.3. The zero-order valence-electron chi connectivity index (χ0n) is 33.0. The van der Waals surface area contributed by atoms with Crippen LogP contribution >= 0.6 is 0 Å². The fraction of sp³-hybridized carbons (Fsp3) is 0. The molecule has 0 aliphatic heterocycles. The van der Waals surface area contributed by atoms with E-state index in [0.717, 1.165) is 22.7 Å². The minimum Gasteiger partial charge on any atom is -0.310 e. The maximum Gasteiger partial charge on any atom is 0.0541 e. The molecule has 0 aliphatic carbocycles. The van der Waals surface area contributed by atoms with Crippen LogP contribution in [0.15, 0.2) is 243 Å². The number of benzene rings is 10. The van der Waals surface area contributed by atoms with Gasteiger partial charge < -0.3 is 9.47 Å². The van der Waals surface area contributed by atoms with E-state index >= 15 is 0 Å². The predicted molar refractivity (Wildman–Crippen MR) is 255 cm³/mol. The number of anilines is 3. The van der Waals surface area contributed by atoms with E-state index in [0.29, 0.717) is 0 Å². The standard InChI is InChI=1S/C58H40N2/c1-3-16-42(17-4-1)49-38-39-50(53-24-8-7-23-52(49)53)44-32-36-47(37-33-44)59(56-27-12-9-22-51(56)43-18-5-2-6-19-43)46-34-30-41(31-35-46)45-20-15-21-48(40-45)60-57-28-13-10-25-54(57)55-26-11-14-29-58(55)60/h1-40H. The van der Waals surface area contributed by atoms with Crippen LogP contribution in [0.4, 0.5) is 17.1 Å². The largest absolute Gasteiger partial charge is 0.310 e. The molecule has 0 unspecified atom stereocenters. The van der Waals surface area contributed by atoms with E-state index in [1.807, 2.05) is 0 Å². The Balaban J connectivity index is 0.995. The molecule has 2 nitrogen and oxygen atoms in total. The molecule has 0 bridgehead atoms. The third-order valence-electron chi connectivity index (χ3n) is 11.8. The van der Waals surface area contributed by atoms with E-state index in [4.69, 9.17) is 0 Å². The van der Waals surface area contributed by atoms with Crippen LogP contribution in [0.3, 0.4) is 0 Å². The first-order valence-electron chi connectivity index (χ1n) is 20.6. The zero-order chi connectivity index (χ0) is 39.8. The Labute approximate surface area is 350 Å². The van der Waals surface area contributed by atoms with Gasteiger partial charge in [0.1, 0.15) is 0 Å². The Hall–Kier alpha value is -7.94. The van der Waals surface area contributed by atoms with E-state index in [-0.39, 0.29) is 0 Å². The van der Waals surface area contributed by atoms with Crippen molar-refractivity contribution in [3.8, 4) is 50.2 Å². The van der Waals surface area contributed by atoms with Gasteiger partial charge in [-0.15, -0.1) is 0 Å². The van der Waals surface area contributed by atoms with Gasteiger partial charge in [0, 0.05) is 33.4 Å². The first kappa shape index (κ1) is 35.2. The summed E-state index contributed by atoms with van der Waals surface area (Å²) in [5, 5.41) is 5.03. The van der Waals surface area contributed by atoms with Gasteiger partial charge in [0.05, 0.1) is 16.7 Å². The molecule has 2 heteroatoms. The molecule has 0 amide bonds. The minimum atomic E-state index is 1.09. The maximum atomic E-state index is 2.39. The van der Waals surface area contributed by atoms with Gasteiger partial charge in [-0.1, -0.05) is 188 Å². The lowest BCUT2D eigenvalue weighted by atomic mass is 9.92. The maximum absolute atomic E-state index is 2.39. The second-order valence-corrected chi connectivity index (χ2v) is 15.3. The monoisotopic (exact) mass is 764 g/mol. The van der Waals surface area contributed by atoms with Crippen molar-refractivity contribution in [3.63, 3.8) is 0 Å². The summed E-state index contributed by atoms with van der Waals surface area (Å²) in [5.41, 5.74) is 16.4. The SMILES string of the molecule is c1ccc(-c2ccccc2N(c2ccc(-c3cccc(-n4c5ccccc5c5ccccc54)c3)cc2)c2ccc(-c3ccc(-c4ccccc4)c4ccccc34)cc2)cc1. The third kappa shape index (κ3) is 6.23. The summed E-state index contributed by atoms with van der Waals surface area (Å²) in [6, 6.07) is 87.8. The van der Waals surface area contributed by atoms with Gasteiger partial charge in [-0.25, -0.2) is 0 Å². The molecule has 0 spiro atoms. The van der Waals surface area contributed by atoms with Crippen molar-refractivity contribution in [2.24, 2.45) is 0 Å². The molecule has 282 valence electrons. The van der Waals surface area contributed by atoms with E-state index < -0.39 is 0 Å². The highest BCUT2D eigenvalue weighted by atomic mass is 15.1. The Morgan fingerprint density at radius 1 is 0.267 bits per heavy atom. The fourth-order valence-electron chi connectivity index (χ4n) is 9.00. The van der Waals surface area contributed by atoms with Crippen molar-refractivity contribution in [1.82, 2.24) is 4.57 Å². The lowest BCUT2D eigenvalue weighted by Crippen LogP contribution is -2.11. The smallest absolute Gasteiger partial charge is 0.0541 e. The molecule has 0 atom stereocenters. The molecular weight excluding hydrogens is 725 g/mol. The summed E-state index contributed by atoms with van der Waals surface area (Å²) < 4.78 is 2.38. The molecule has 0 aliphatic rings. The van der Waals surface area contributed by atoms with Crippen LogP contribution in [0.5, 0.6) is 0 Å². The molecule has 0 saturated heterocycles. The molecule has 11 aromatic rings. The highest BCUT2D eigenvalue weighted by molar-refractivity contribution is 6.09. The molecule has 0 N–H and O–H groups in total. The molecule has 11 rings (SSSR count). The van der Waals surface area contributed by atoms with Crippen molar-refractivity contribution in [1.29, 1.82) is 0 Å². The lowest BCUT2D eigenvalue weighted by molar-refractivity contribution is 1.18. The van der Waals surface area contributed by atoms with Crippen molar-refractivity contribution >= 4 is 49.6 Å². The predicted octanol–water partition coefficient (Wildman–Crippen LogP) is 16.1. The molecule has 10 aromatic carbocycles. The van der Waals surface area contributed by atoms with Crippen LogP contribution in [-0.2, 0) is 0 Å². The van der Waals surface area contributed by atoms with E-state index in [1.165, 1.54) is 77.1 Å². The molecule has 0 radical (unpaired) electrons. The molecule has 0 fully saturated rings. The number of hydrogen-bond donors (Lipinski definition) is 0. The van der Waals surface area contributed by atoms with Gasteiger partial charge in [-0.3, -0.25) is 0 Å². The van der Waals surface area contributed by atoms with E-state index in [9.17, 15) is 0 Å². The highest BCUT2D eigenvalue weighted by Gasteiger charge is 2.19. The fourth-order valence-corrected chi connectivity index (χ4v) is 9.00. The van der Waals surface area contributed by atoms with Gasteiger partial charge in [0.25, 0.3) is 0 Å². The van der Waals surface area contributed by atoms with Crippen LogP contribution in [0.2, 0.25) is 0 Å². The first-order valence-corrected chi connectivity index (χ1v) is 20.6. The summed E-state index contributed by atoms with van der Waals surface area (Å²) in [4.78, 5) is 2.39. The quantitative estimate of drug-likeness (QED) is 0.150. The van der Waals surface area contributed by atoms with Crippen LogP contribution < -0.4 is 4.90 Å². The summed E-state index contributed by atoms with van der Waals surface area (Å²) in [7, 11) is 0. The van der Waals surface area contributed by atoms with Gasteiger partial charge in [-0.2, -0.15) is 0 Å². The average Bonchev–Trinajstić information content (AvgIpc) is 3.67. The Kier molecular flexibility index (Phi) is 8.87. The van der Waals surface area contributed by atoms with Crippen molar-refractivity contribution in [2.45, 2.75) is 0 Å². The number of nitrogens with zero attached hydrogens (tertiary/aromatic N) is 2. The molecule has 60 heavy (non-hydrogen) atoms. The number of hydrogen-bond acceptors (Lipinski definition) is 1. The topological polar surface area (TPSA) is 8.17 Å². The van der Waals surface area contributed by atoms with Crippen LogP contribution in [0.25, 0.3) is 82.8 Å². The molecular formula is C58H40N2. The summed E-state index contributed by atoms with van der Waals surface area (Å²) in [5.74, 6) is 0. The summed E-state index contributed by atoms with van der Waals surface area (Å²) in [6.45, 7) is 0. The lowest BCUT2D eigenvalue weighted by Gasteiger charge is -2.28. The van der Waals surface area contributed by atoms with Crippen LogP contribution in [0.1, 0.15) is 0 Å². The van der Waals surface area contributed by atoms with E-state index in [1.54, 1.807) is 0 Å². The molecule has 1 heterocycles. The number of rotatable bonds is 8. The number of para-hydroxylation sites is 3.